The summed E-state index contributed by atoms with van der Waals surface area (Å²) in [5, 5.41) is 0.376. The van der Waals surface area contributed by atoms with E-state index in [9.17, 15) is 19.2 Å². The molecule has 0 aromatic heterocycles. The number of nitrogens with zero attached hydrogens (tertiary/aromatic N) is 1. The molecule has 1 heterocycles. The maximum absolute atomic E-state index is 11.6. The summed E-state index contributed by atoms with van der Waals surface area (Å²) in [6.45, 7) is 5.54. The van der Waals surface area contributed by atoms with Crippen molar-refractivity contribution in [3.8, 4) is 0 Å². The number of hydrogen-bond donors (Lipinski definition) is 0. The van der Waals surface area contributed by atoms with Gasteiger partial charge in [-0.05, 0) is 12.3 Å². The van der Waals surface area contributed by atoms with Gasteiger partial charge < -0.3 is 9.47 Å². The third-order valence-corrected chi connectivity index (χ3v) is 2.76. The maximum atomic E-state index is 11.6. The first-order chi connectivity index (χ1) is 10.3. The van der Waals surface area contributed by atoms with Crippen LogP contribution < -0.4 is 0 Å². The molecule has 0 saturated carbocycles. The summed E-state index contributed by atoms with van der Waals surface area (Å²) in [5.74, 6) is -1.59. The van der Waals surface area contributed by atoms with Crippen molar-refractivity contribution in [3.63, 3.8) is 0 Å². The molecular formula is C14H21NO7. The average Bonchev–Trinajstić information content (AvgIpc) is 2.69. The van der Waals surface area contributed by atoms with Crippen molar-refractivity contribution in [2.75, 3.05) is 0 Å². The van der Waals surface area contributed by atoms with Gasteiger partial charge in [0.1, 0.15) is 0 Å². The molecule has 0 aromatic rings. The van der Waals surface area contributed by atoms with Gasteiger partial charge in [0.25, 0.3) is 18.1 Å². The van der Waals surface area contributed by atoms with E-state index in [1.165, 1.54) is 0 Å². The van der Waals surface area contributed by atoms with Crippen LogP contribution in [-0.4, -0.2) is 35.3 Å². The molecule has 8 nitrogen and oxygen atoms in total. The smallest absolute Gasteiger partial charge is 0.425 e. The summed E-state index contributed by atoms with van der Waals surface area (Å²) < 4.78 is 9.89. The van der Waals surface area contributed by atoms with Crippen molar-refractivity contribution in [2.24, 2.45) is 5.92 Å². The van der Waals surface area contributed by atoms with Crippen LogP contribution in [-0.2, 0) is 28.7 Å². The maximum Gasteiger partial charge on any atom is 0.537 e. The summed E-state index contributed by atoms with van der Waals surface area (Å²) in [4.78, 5) is 50.4. The van der Waals surface area contributed by atoms with E-state index in [1.807, 2.05) is 20.8 Å². The Labute approximate surface area is 128 Å². The minimum Gasteiger partial charge on any atom is -0.425 e. The van der Waals surface area contributed by atoms with Gasteiger partial charge in [-0.3, -0.25) is 19.2 Å². The Morgan fingerprint density at radius 3 is 2.23 bits per heavy atom. The standard InChI is InChI=1S/C14H21NO7/c1-4-5-13(20-12(18)8-9(2)3)21-14(19)22-15-10(16)6-7-11(15)17/h9,13H,4-8H2,1-3H3. The van der Waals surface area contributed by atoms with E-state index >= 15 is 0 Å². The number of esters is 1. The van der Waals surface area contributed by atoms with Crippen molar-refractivity contribution in [3.05, 3.63) is 0 Å². The molecule has 0 aliphatic carbocycles. The molecule has 8 heteroatoms. The predicted octanol–water partition coefficient (Wildman–Crippen LogP) is 1.92. The predicted molar refractivity (Wildman–Crippen MR) is 72.9 cm³/mol. The van der Waals surface area contributed by atoms with Gasteiger partial charge in [0.15, 0.2) is 0 Å². The van der Waals surface area contributed by atoms with E-state index in [2.05, 4.69) is 4.84 Å². The quantitative estimate of drug-likeness (QED) is 0.402. The number of rotatable bonds is 7. The molecular weight excluding hydrogens is 294 g/mol. The summed E-state index contributed by atoms with van der Waals surface area (Å²) in [5.41, 5.74) is 0. The number of carbonyl (C=O) groups excluding carboxylic acids is 4. The van der Waals surface area contributed by atoms with Crippen molar-refractivity contribution in [1.29, 1.82) is 0 Å². The van der Waals surface area contributed by atoms with Gasteiger partial charge in [-0.25, -0.2) is 4.79 Å². The van der Waals surface area contributed by atoms with Crippen LogP contribution in [0.4, 0.5) is 4.79 Å². The highest BCUT2D eigenvalue weighted by molar-refractivity contribution is 6.01. The lowest BCUT2D eigenvalue weighted by molar-refractivity contribution is -0.194. The summed E-state index contributed by atoms with van der Waals surface area (Å²) in [7, 11) is 0. The van der Waals surface area contributed by atoms with E-state index in [4.69, 9.17) is 9.47 Å². The first-order valence-corrected chi connectivity index (χ1v) is 7.27. The van der Waals surface area contributed by atoms with Gasteiger partial charge in [-0.1, -0.05) is 25.8 Å². The molecule has 124 valence electrons. The van der Waals surface area contributed by atoms with Crippen LogP contribution in [0.15, 0.2) is 0 Å². The lowest BCUT2D eigenvalue weighted by Gasteiger charge is -2.19. The lowest BCUT2D eigenvalue weighted by Crippen LogP contribution is -2.34. The normalized spacial score (nSPS) is 15.9. The van der Waals surface area contributed by atoms with Crippen LogP contribution in [0.5, 0.6) is 0 Å². The highest BCUT2D eigenvalue weighted by Crippen LogP contribution is 2.15. The second-order valence-electron chi connectivity index (χ2n) is 5.35. The molecule has 2 amide bonds. The fourth-order valence-electron chi connectivity index (χ4n) is 1.77. The molecule has 0 N–H and O–H groups in total. The highest BCUT2D eigenvalue weighted by atomic mass is 16.9. The minimum absolute atomic E-state index is 0.00608. The number of carbonyl (C=O) groups is 4. The monoisotopic (exact) mass is 315 g/mol. The van der Waals surface area contributed by atoms with Crippen LogP contribution in [0.25, 0.3) is 0 Å². The highest BCUT2D eigenvalue weighted by Gasteiger charge is 2.34. The van der Waals surface area contributed by atoms with E-state index in [0.717, 1.165) is 0 Å². The van der Waals surface area contributed by atoms with Crippen LogP contribution in [0.1, 0.15) is 52.9 Å². The lowest BCUT2D eigenvalue weighted by atomic mass is 10.1. The topological polar surface area (TPSA) is 99.2 Å². The Kier molecular flexibility index (Phi) is 6.81. The second-order valence-corrected chi connectivity index (χ2v) is 5.35. The number of amides is 2. The van der Waals surface area contributed by atoms with Crippen molar-refractivity contribution >= 4 is 23.9 Å². The largest absolute Gasteiger partial charge is 0.537 e. The van der Waals surface area contributed by atoms with E-state index < -0.39 is 30.2 Å². The Morgan fingerprint density at radius 1 is 1.14 bits per heavy atom. The van der Waals surface area contributed by atoms with Crippen LogP contribution in [0, 0.1) is 5.92 Å². The number of imide groups is 1. The molecule has 0 radical (unpaired) electrons. The van der Waals surface area contributed by atoms with Gasteiger partial charge in [-0.15, -0.1) is 0 Å². The van der Waals surface area contributed by atoms with E-state index in [1.54, 1.807) is 0 Å². The van der Waals surface area contributed by atoms with Crippen LogP contribution in [0.3, 0.4) is 0 Å². The van der Waals surface area contributed by atoms with Crippen molar-refractivity contribution < 1.29 is 33.5 Å². The molecule has 0 aromatic carbocycles. The minimum atomic E-state index is -1.25. The average molecular weight is 315 g/mol. The second kappa shape index (κ2) is 8.35. The van der Waals surface area contributed by atoms with Gasteiger partial charge in [-0.2, -0.15) is 0 Å². The Balaban J connectivity index is 2.51. The van der Waals surface area contributed by atoms with Gasteiger partial charge in [0.05, 0.1) is 0 Å². The fraction of sp³-hybridized carbons (Fsp3) is 0.714. The van der Waals surface area contributed by atoms with Gasteiger partial charge in [0.2, 0.25) is 0 Å². The van der Waals surface area contributed by atoms with E-state index in [0.29, 0.717) is 17.9 Å². The Hall–Kier alpha value is -2.12. The summed E-state index contributed by atoms with van der Waals surface area (Å²) in [6, 6.07) is 0. The summed E-state index contributed by atoms with van der Waals surface area (Å²) in [6.07, 6.45) is -1.27. The number of hydroxylamine groups is 2. The molecule has 1 unspecified atom stereocenters. The van der Waals surface area contributed by atoms with E-state index in [-0.39, 0.29) is 25.2 Å². The van der Waals surface area contributed by atoms with Crippen LogP contribution >= 0.6 is 0 Å². The molecule has 1 aliphatic heterocycles. The molecule has 0 spiro atoms. The molecule has 1 rings (SSSR count). The molecule has 1 saturated heterocycles. The zero-order chi connectivity index (χ0) is 16.7. The number of hydrogen-bond acceptors (Lipinski definition) is 7. The van der Waals surface area contributed by atoms with Gasteiger partial charge in [0, 0.05) is 25.7 Å². The third kappa shape index (κ3) is 5.71. The Bertz CT molecular complexity index is 430. The molecule has 0 bridgehead atoms. The molecule has 1 atom stereocenters. The first kappa shape index (κ1) is 17.9. The zero-order valence-electron chi connectivity index (χ0n) is 13.0. The zero-order valence-corrected chi connectivity index (χ0v) is 13.0. The fourth-order valence-corrected chi connectivity index (χ4v) is 1.77. The number of ether oxygens (including phenoxy) is 2. The summed E-state index contributed by atoms with van der Waals surface area (Å²) >= 11 is 0. The van der Waals surface area contributed by atoms with Crippen molar-refractivity contribution in [1.82, 2.24) is 5.06 Å². The molecule has 1 fully saturated rings. The Morgan fingerprint density at radius 2 is 1.73 bits per heavy atom. The van der Waals surface area contributed by atoms with Crippen molar-refractivity contribution in [2.45, 2.75) is 59.2 Å². The van der Waals surface area contributed by atoms with Gasteiger partial charge >= 0.3 is 12.1 Å². The SMILES string of the molecule is CCCC(OC(=O)CC(C)C)OC(=O)ON1C(=O)CCC1=O. The molecule has 22 heavy (non-hydrogen) atoms. The third-order valence-electron chi connectivity index (χ3n) is 2.76. The first-order valence-electron chi connectivity index (χ1n) is 7.27. The molecule has 1 aliphatic rings. The van der Waals surface area contributed by atoms with Crippen LogP contribution in [0.2, 0.25) is 0 Å².